The van der Waals surface area contributed by atoms with E-state index in [0.29, 0.717) is 17.6 Å². The second-order valence-electron chi connectivity index (χ2n) is 5.40. The van der Waals surface area contributed by atoms with Crippen LogP contribution in [0.25, 0.3) is 10.9 Å². The van der Waals surface area contributed by atoms with Crippen molar-refractivity contribution in [3.63, 3.8) is 0 Å². The third kappa shape index (κ3) is 3.82. The number of ketones is 1. The quantitative estimate of drug-likeness (QED) is 0.360. The minimum Gasteiger partial charge on any atom is -0.322 e. The lowest BCUT2D eigenvalue weighted by Gasteiger charge is -2.13. The molecule has 1 unspecified atom stereocenters. The smallest absolute Gasteiger partial charge is 0.293 e. The molecule has 1 amide bonds. The summed E-state index contributed by atoms with van der Waals surface area (Å²) in [4.78, 5) is 38.3. The topological polar surface area (TPSA) is 117 Å². The summed E-state index contributed by atoms with van der Waals surface area (Å²) in [5.41, 5.74) is 4.01. The molecule has 0 saturated heterocycles. The van der Waals surface area contributed by atoms with Gasteiger partial charge in [-0.1, -0.05) is 19.4 Å². The molecule has 122 valence electrons. The summed E-state index contributed by atoms with van der Waals surface area (Å²) in [7, 11) is 0. The summed E-state index contributed by atoms with van der Waals surface area (Å²) in [5.74, 6) is 3.95. The molecular weight excluding hydrogens is 296 g/mol. The summed E-state index contributed by atoms with van der Waals surface area (Å²) in [6.45, 7) is 3.74. The molecule has 7 heteroatoms. The summed E-state index contributed by atoms with van der Waals surface area (Å²) < 4.78 is 0. The molecule has 23 heavy (non-hydrogen) atoms. The monoisotopic (exact) mass is 316 g/mol. The molecule has 1 aromatic heterocycles. The molecule has 0 bridgehead atoms. The number of rotatable bonds is 6. The molecule has 0 fully saturated rings. The number of hydrogen-bond donors (Lipinski definition) is 4. The average Bonchev–Trinajstić information content (AvgIpc) is 2.51. The molecule has 2 aromatic rings. The Morgan fingerprint density at radius 1 is 1.30 bits per heavy atom. The SMILES string of the molecule is CCCC(NN)C(=O)C(=O)Nc1ccc2c(C)cc(=O)[nH]c2c1. The molecule has 7 nitrogen and oxygen atoms in total. The van der Waals surface area contributed by atoms with Crippen LogP contribution in [0.5, 0.6) is 0 Å². The van der Waals surface area contributed by atoms with Crippen molar-refractivity contribution >= 4 is 28.3 Å². The number of carbonyl (C=O) groups excluding carboxylic acids is 2. The van der Waals surface area contributed by atoms with Crippen molar-refractivity contribution < 1.29 is 9.59 Å². The Morgan fingerprint density at radius 2 is 2.04 bits per heavy atom. The van der Waals surface area contributed by atoms with Crippen LogP contribution in [-0.2, 0) is 9.59 Å². The highest BCUT2D eigenvalue weighted by atomic mass is 16.2. The van der Waals surface area contributed by atoms with Crippen molar-refractivity contribution in [3.8, 4) is 0 Å². The van der Waals surface area contributed by atoms with Crippen LogP contribution in [-0.4, -0.2) is 22.7 Å². The zero-order valence-electron chi connectivity index (χ0n) is 13.1. The third-order valence-corrected chi connectivity index (χ3v) is 3.63. The van der Waals surface area contributed by atoms with Crippen LogP contribution in [0.4, 0.5) is 5.69 Å². The Labute approximate surface area is 133 Å². The zero-order valence-corrected chi connectivity index (χ0v) is 13.1. The number of nitrogens with two attached hydrogens (primary N) is 1. The number of fused-ring (bicyclic) bond motifs is 1. The first-order valence-electron chi connectivity index (χ1n) is 7.41. The van der Waals surface area contributed by atoms with E-state index in [9.17, 15) is 14.4 Å². The number of anilines is 1. The number of Topliss-reactive ketones (excluding diaryl/α,β-unsaturated/α-hetero) is 1. The van der Waals surface area contributed by atoms with E-state index in [4.69, 9.17) is 5.84 Å². The molecule has 1 heterocycles. The molecule has 0 aliphatic heterocycles. The number of nitrogens with one attached hydrogen (secondary N) is 3. The van der Waals surface area contributed by atoms with E-state index in [-0.39, 0.29) is 5.56 Å². The number of hydrazine groups is 1. The lowest BCUT2D eigenvalue weighted by atomic mass is 10.1. The van der Waals surface area contributed by atoms with Gasteiger partial charge in [0.25, 0.3) is 5.91 Å². The first-order valence-corrected chi connectivity index (χ1v) is 7.41. The summed E-state index contributed by atoms with van der Waals surface area (Å²) in [6, 6.07) is 5.89. The highest BCUT2D eigenvalue weighted by molar-refractivity contribution is 6.42. The first kappa shape index (κ1) is 16.9. The summed E-state index contributed by atoms with van der Waals surface area (Å²) in [6.07, 6.45) is 1.21. The Hall–Kier alpha value is -2.51. The van der Waals surface area contributed by atoms with Gasteiger partial charge in [0.05, 0.1) is 11.6 Å². The number of amides is 1. The predicted octanol–water partition coefficient (Wildman–Crippen LogP) is 0.976. The van der Waals surface area contributed by atoms with E-state index >= 15 is 0 Å². The number of benzene rings is 1. The van der Waals surface area contributed by atoms with Crippen molar-refractivity contribution in [2.75, 3.05) is 5.32 Å². The van der Waals surface area contributed by atoms with Gasteiger partial charge in [0.15, 0.2) is 0 Å². The number of pyridine rings is 1. The number of hydrogen-bond acceptors (Lipinski definition) is 5. The standard InChI is InChI=1S/C16H20N4O3/c1-3-4-12(20-17)15(22)16(23)18-10-5-6-11-9(2)7-14(21)19-13(11)8-10/h5-8,12,20H,3-4,17H2,1-2H3,(H,18,23)(H,19,21). The molecule has 1 aromatic carbocycles. The van der Waals surface area contributed by atoms with Gasteiger partial charge in [0, 0.05) is 17.1 Å². The second kappa shape index (κ2) is 7.17. The fourth-order valence-corrected chi connectivity index (χ4v) is 2.44. The van der Waals surface area contributed by atoms with E-state index in [0.717, 1.165) is 17.4 Å². The number of aromatic amines is 1. The highest BCUT2D eigenvalue weighted by Crippen LogP contribution is 2.19. The van der Waals surface area contributed by atoms with Gasteiger partial charge in [-0.25, -0.2) is 5.43 Å². The molecule has 5 N–H and O–H groups in total. The van der Waals surface area contributed by atoms with Crippen molar-refractivity contribution in [3.05, 3.63) is 40.2 Å². The molecule has 1 atom stereocenters. The molecule has 0 aliphatic carbocycles. The molecule has 2 rings (SSSR count). The fourth-order valence-electron chi connectivity index (χ4n) is 2.44. The van der Waals surface area contributed by atoms with Gasteiger partial charge in [-0.3, -0.25) is 20.2 Å². The Morgan fingerprint density at radius 3 is 2.70 bits per heavy atom. The first-order chi connectivity index (χ1) is 11.0. The van der Waals surface area contributed by atoms with Gasteiger partial charge >= 0.3 is 0 Å². The molecular formula is C16H20N4O3. The number of H-pyrrole nitrogens is 1. The normalized spacial score (nSPS) is 12.1. The van der Waals surface area contributed by atoms with Gasteiger partial charge in [0.2, 0.25) is 11.3 Å². The number of carbonyl (C=O) groups is 2. The minimum absolute atomic E-state index is 0.218. The molecule has 0 saturated carbocycles. The van der Waals surface area contributed by atoms with Crippen LogP contribution in [0.1, 0.15) is 25.3 Å². The zero-order chi connectivity index (χ0) is 17.0. The van der Waals surface area contributed by atoms with E-state index < -0.39 is 17.7 Å². The van der Waals surface area contributed by atoms with Gasteiger partial charge in [-0.15, -0.1) is 0 Å². The van der Waals surface area contributed by atoms with Crippen molar-refractivity contribution in [2.45, 2.75) is 32.7 Å². The van der Waals surface area contributed by atoms with Crippen molar-refractivity contribution in [1.29, 1.82) is 0 Å². The van der Waals surface area contributed by atoms with Crippen molar-refractivity contribution in [2.24, 2.45) is 5.84 Å². The second-order valence-corrected chi connectivity index (χ2v) is 5.40. The maximum Gasteiger partial charge on any atom is 0.293 e. The number of aromatic nitrogens is 1. The van der Waals surface area contributed by atoms with Crippen molar-refractivity contribution in [1.82, 2.24) is 10.4 Å². The van der Waals surface area contributed by atoms with Crippen LogP contribution in [0, 0.1) is 6.92 Å². The van der Waals surface area contributed by atoms with E-state index in [2.05, 4.69) is 15.7 Å². The highest BCUT2D eigenvalue weighted by Gasteiger charge is 2.23. The van der Waals surface area contributed by atoms with Gasteiger partial charge in [0.1, 0.15) is 0 Å². The van der Waals surface area contributed by atoms with Crippen LogP contribution in [0.2, 0.25) is 0 Å². The minimum atomic E-state index is -0.740. The van der Waals surface area contributed by atoms with Gasteiger partial charge in [-0.05, 0) is 31.0 Å². The molecule has 0 spiro atoms. The predicted molar refractivity (Wildman–Crippen MR) is 89.0 cm³/mol. The molecule has 0 radical (unpaired) electrons. The van der Waals surface area contributed by atoms with Crippen LogP contribution < -0.4 is 22.1 Å². The van der Waals surface area contributed by atoms with Crippen LogP contribution >= 0.6 is 0 Å². The number of aryl methyl sites for hydroxylation is 1. The van der Waals surface area contributed by atoms with Crippen LogP contribution in [0.3, 0.4) is 0 Å². The summed E-state index contributed by atoms with van der Waals surface area (Å²) in [5, 5.41) is 3.42. The Kier molecular flexibility index (Phi) is 5.25. The largest absolute Gasteiger partial charge is 0.322 e. The Balaban J connectivity index is 2.23. The summed E-state index contributed by atoms with van der Waals surface area (Å²) >= 11 is 0. The van der Waals surface area contributed by atoms with Gasteiger partial charge in [-0.2, -0.15) is 0 Å². The van der Waals surface area contributed by atoms with E-state index in [1.54, 1.807) is 18.2 Å². The fraction of sp³-hybridized carbons (Fsp3) is 0.312. The molecule has 0 aliphatic rings. The maximum atomic E-state index is 12.0. The van der Waals surface area contributed by atoms with E-state index in [1.807, 2.05) is 13.8 Å². The van der Waals surface area contributed by atoms with Crippen LogP contribution in [0.15, 0.2) is 29.1 Å². The Bertz CT molecular complexity index is 798. The van der Waals surface area contributed by atoms with Gasteiger partial charge < -0.3 is 10.3 Å². The lowest BCUT2D eigenvalue weighted by Crippen LogP contribution is -2.46. The lowest BCUT2D eigenvalue weighted by molar-refractivity contribution is -0.136. The maximum absolute atomic E-state index is 12.0. The average molecular weight is 316 g/mol. The van der Waals surface area contributed by atoms with E-state index in [1.165, 1.54) is 6.07 Å². The third-order valence-electron chi connectivity index (χ3n) is 3.63.